The molecule has 0 aliphatic carbocycles. The molecule has 2 N–H and O–H groups in total. The summed E-state index contributed by atoms with van der Waals surface area (Å²) in [5.41, 5.74) is 5.94. The Hall–Kier alpha value is -2.64. The van der Waals surface area contributed by atoms with Gasteiger partial charge in [-0.05, 0) is 18.6 Å². The molecule has 1 aromatic carbocycles. The Labute approximate surface area is 136 Å². The highest BCUT2D eigenvalue weighted by Gasteiger charge is 2.30. The summed E-state index contributed by atoms with van der Waals surface area (Å²) in [6.45, 7) is 1.91. The maximum atomic E-state index is 12.6. The number of esters is 1. The van der Waals surface area contributed by atoms with Gasteiger partial charge in [0.15, 0.2) is 11.5 Å². The number of carbonyl (C=O) groups is 1. The fourth-order valence-electron chi connectivity index (χ4n) is 2.20. The summed E-state index contributed by atoms with van der Waals surface area (Å²) in [6, 6.07) is 4.32. The van der Waals surface area contributed by atoms with Crippen LogP contribution in [0.5, 0.6) is 0 Å². The van der Waals surface area contributed by atoms with Crippen LogP contribution in [0.4, 0.5) is 19.0 Å². The number of aromatic nitrogens is 2. The molecule has 2 rings (SSSR count). The quantitative estimate of drug-likeness (QED) is 0.863. The normalized spacial score (nSPS) is 11.4. The summed E-state index contributed by atoms with van der Waals surface area (Å²) in [6.07, 6.45) is -3.22. The van der Waals surface area contributed by atoms with E-state index in [0.29, 0.717) is 17.5 Å². The molecule has 0 saturated heterocycles. The van der Waals surface area contributed by atoms with Crippen LogP contribution in [0.3, 0.4) is 0 Å². The summed E-state index contributed by atoms with van der Waals surface area (Å²) in [7, 11) is 1.22. The van der Waals surface area contributed by atoms with Crippen molar-refractivity contribution in [3.05, 3.63) is 41.1 Å². The highest BCUT2D eigenvalue weighted by molar-refractivity contribution is 5.90. The van der Waals surface area contributed by atoms with Gasteiger partial charge >= 0.3 is 12.1 Å². The van der Waals surface area contributed by atoms with E-state index >= 15 is 0 Å². The van der Waals surface area contributed by atoms with Crippen molar-refractivity contribution >= 4 is 11.8 Å². The number of benzene rings is 1. The predicted octanol–water partition coefficient (Wildman–Crippen LogP) is 3.48. The van der Waals surface area contributed by atoms with E-state index in [1.165, 1.54) is 19.2 Å². The van der Waals surface area contributed by atoms with E-state index in [4.69, 9.17) is 10.5 Å². The fourth-order valence-corrected chi connectivity index (χ4v) is 2.20. The lowest BCUT2D eigenvalue weighted by atomic mass is 10.1. The second kappa shape index (κ2) is 6.86. The van der Waals surface area contributed by atoms with Gasteiger partial charge in [-0.25, -0.2) is 14.8 Å². The fraction of sp³-hybridized carbons (Fsp3) is 0.312. The minimum Gasteiger partial charge on any atom is -0.464 e. The Bertz CT molecular complexity index is 743. The zero-order valence-corrected chi connectivity index (χ0v) is 13.1. The molecule has 1 heterocycles. The van der Waals surface area contributed by atoms with Gasteiger partial charge in [0.25, 0.3) is 0 Å². The van der Waals surface area contributed by atoms with Crippen LogP contribution in [0, 0.1) is 0 Å². The monoisotopic (exact) mass is 339 g/mol. The number of rotatable bonds is 4. The van der Waals surface area contributed by atoms with Crippen molar-refractivity contribution in [3.8, 4) is 11.4 Å². The van der Waals surface area contributed by atoms with E-state index in [-0.39, 0.29) is 17.3 Å². The molecule has 0 aliphatic rings. The summed E-state index contributed by atoms with van der Waals surface area (Å²) in [5, 5.41) is 0. The van der Waals surface area contributed by atoms with Gasteiger partial charge in [0.05, 0.1) is 12.7 Å². The van der Waals surface area contributed by atoms with E-state index in [1.807, 2.05) is 6.92 Å². The van der Waals surface area contributed by atoms with Crippen molar-refractivity contribution < 1.29 is 22.7 Å². The van der Waals surface area contributed by atoms with Crippen molar-refractivity contribution in [3.63, 3.8) is 0 Å². The third-order valence-electron chi connectivity index (χ3n) is 3.39. The minimum atomic E-state index is -4.43. The molecule has 0 amide bonds. The SMILES string of the molecule is CCCc1c(N)nc(-c2ccc(C(F)(F)F)cc2)nc1C(=O)OC. The van der Waals surface area contributed by atoms with Crippen molar-refractivity contribution in [2.45, 2.75) is 25.9 Å². The molecule has 1 aromatic heterocycles. The zero-order valence-electron chi connectivity index (χ0n) is 13.1. The first-order valence-corrected chi connectivity index (χ1v) is 7.20. The second-order valence-electron chi connectivity index (χ2n) is 5.08. The van der Waals surface area contributed by atoms with Crippen molar-refractivity contribution in [1.82, 2.24) is 9.97 Å². The van der Waals surface area contributed by atoms with Crippen molar-refractivity contribution in [1.29, 1.82) is 0 Å². The Morgan fingerprint density at radius 2 is 1.83 bits per heavy atom. The van der Waals surface area contributed by atoms with Gasteiger partial charge in [-0.1, -0.05) is 25.5 Å². The molecular weight excluding hydrogens is 323 g/mol. The molecule has 0 aliphatic heterocycles. The van der Waals surface area contributed by atoms with Gasteiger partial charge in [-0.3, -0.25) is 0 Å². The third kappa shape index (κ3) is 3.64. The standard InChI is InChI=1S/C16H16F3N3O2/c1-3-4-11-12(15(23)24-2)21-14(22-13(11)20)9-5-7-10(8-6-9)16(17,18)19/h5-8H,3-4H2,1-2H3,(H2,20,21,22). The van der Waals surface area contributed by atoms with Crippen LogP contribution < -0.4 is 5.73 Å². The van der Waals surface area contributed by atoms with Crippen LogP contribution in [0.1, 0.15) is 35.0 Å². The molecule has 128 valence electrons. The Kier molecular flexibility index (Phi) is 5.06. The smallest absolute Gasteiger partial charge is 0.416 e. The number of ether oxygens (including phenoxy) is 1. The van der Waals surface area contributed by atoms with Crippen molar-refractivity contribution in [2.24, 2.45) is 0 Å². The van der Waals surface area contributed by atoms with Crippen LogP contribution in [0.15, 0.2) is 24.3 Å². The lowest BCUT2D eigenvalue weighted by molar-refractivity contribution is -0.137. The molecule has 0 radical (unpaired) electrons. The molecule has 0 atom stereocenters. The summed E-state index contributed by atoms with van der Waals surface area (Å²) < 4.78 is 42.6. The largest absolute Gasteiger partial charge is 0.464 e. The maximum Gasteiger partial charge on any atom is 0.416 e. The number of nitrogens with zero attached hydrogens (tertiary/aromatic N) is 2. The van der Waals surface area contributed by atoms with Gasteiger partial charge in [0.1, 0.15) is 5.82 Å². The molecule has 0 spiro atoms. The molecule has 0 saturated carbocycles. The topological polar surface area (TPSA) is 78.1 Å². The first kappa shape index (κ1) is 17.7. The lowest BCUT2D eigenvalue weighted by Crippen LogP contribution is -2.14. The van der Waals surface area contributed by atoms with E-state index in [2.05, 4.69) is 9.97 Å². The number of nitrogens with two attached hydrogens (primary N) is 1. The highest BCUT2D eigenvalue weighted by Crippen LogP contribution is 2.31. The van der Waals surface area contributed by atoms with Crippen LogP contribution in [0.25, 0.3) is 11.4 Å². The van der Waals surface area contributed by atoms with E-state index in [1.54, 1.807) is 0 Å². The Morgan fingerprint density at radius 3 is 2.33 bits per heavy atom. The predicted molar refractivity (Wildman–Crippen MR) is 82.2 cm³/mol. The maximum absolute atomic E-state index is 12.6. The van der Waals surface area contributed by atoms with E-state index < -0.39 is 17.7 Å². The van der Waals surface area contributed by atoms with Crippen LogP contribution >= 0.6 is 0 Å². The molecule has 0 fully saturated rings. The van der Waals surface area contributed by atoms with Crippen molar-refractivity contribution in [2.75, 3.05) is 12.8 Å². The summed E-state index contributed by atoms with van der Waals surface area (Å²) in [4.78, 5) is 20.2. The minimum absolute atomic E-state index is 0.0294. The van der Waals surface area contributed by atoms with Crippen LogP contribution in [-0.2, 0) is 17.3 Å². The average Bonchev–Trinajstić information content (AvgIpc) is 2.55. The molecule has 24 heavy (non-hydrogen) atoms. The number of hydrogen-bond acceptors (Lipinski definition) is 5. The van der Waals surface area contributed by atoms with Gasteiger partial charge in [0, 0.05) is 11.1 Å². The summed E-state index contributed by atoms with van der Waals surface area (Å²) >= 11 is 0. The molecule has 0 unspecified atom stereocenters. The number of nitrogen functional groups attached to an aromatic ring is 1. The lowest BCUT2D eigenvalue weighted by Gasteiger charge is -2.12. The highest BCUT2D eigenvalue weighted by atomic mass is 19.4. The van der Waals surface area contributed by atoms with E-state index in [9.17, 15) is 18.0 Å². The van der Waals surface area contributed by atoms with E-state index in [0.717, 1.165) is 18.6 Å². The molecule has 2 aromatic rings. The number of halogens is 3. The third-order valence-corrected chi connectivity index (χ3v) is 3.39. The van der Waals surface area contributed by atoms with Gasteiger partial charge < -0.3 is 10.5 Å². The number of hydrogen-bond donors (Lipinski definition) is 1. The first-order chi connectivity index (χ1) is 11.3. The average molecular weight is 339 g/mol. The van der Waals surface area contributed by atoms with Gasteiger partial charge in [0.2, 0.25) is 0 Å². The zero-order chi connectivity index (χ0) is 17.9. The Morgan fingerprint density at radius 1 is 1.21 bits per heavy atom. The molecule has 5 nitrogen and oxygen atoms in total. The molecule has 8 heteroatoms. The van der Waals surface area contributed by atoms with Gasteiger partial charge in [-0.15, -0.1) is 0 Å². The Balaban J connectivity index is 2.51. The van der Waals surface area contributed by atoms with Crippen LogP contribution in [0.2, 0.25) is 0 Å². The first-order valence-electron chi connectivity index (χ1n) is 7.20. The molecule has 0 bridgehead atoms. The number of alkyl halides is 3. The molecular formula is C16H16F3N3O2. The number of anilines is 1. The number of carbonyl (C=O) groups excluding carboxylic acids is 1. The van der Waals surface area contributed by atoms with Crippen LogP contribution in [-0.4, -0.2) is 23.0 Å². The van der Waals surface area contributed by atoms with Gasteiger partial charge in [-0.2, -0.15) is 13.2 Å². The second-order valence-corrected chi connectivity index (χ2v) is 5.08. The summed E-state index contributed by atoms with van der Waals surface area (Å²) in [5.74, 6) is -0.482. The number of methoxy groups -OCH3 is 1.